The highest BCUT2D eigenvalue weighted by Crippen LogP contribution is 2.43. The van der Waals surface area contributed by atoms with Crippen molar-refractivity contribution in [3.63, 3.8) is 0 Å². The first-order chi connectivity index (χ1) is 11.9. The fourth-order valence-electron chi connectivity index (χ4n) is 2.69. The van der Waals surface area contributed by atoms with Gasteiger partial charge < -0.3 is 18.9 Å². The minimum absolute atomic E-state index is 0.243. The van der Waals surface area contributed by atoms with Crippen LogP contribution in [0.4, 0.5) is 0 Å². The number of rotatable bonds is 6. The quantitative estimate of drug-likeness (QED) is 0.534. The second-order valence-corrected chi connectivity index (χ2v) is 6.03. The summed E-state index contributed by atoms with van der Waals surface area (Å²) in [7, 11) is 6.02. The van der Waals surface area contributed by atoms with Crippen molar-refractivity contribution in [2.75, 3.05) is 28.4 Å². The molecule has 0 amide bonds. The molecule has 0 aliphatic heterocycles. The van der Waals surface area contributed by atoms with Gasteiger partial charge in [0, 0.05) is 0 Å². The third-order valence-electron chi connectivity index (χ3n) is 3.93. The van der Waals surface area contributed by atoms with E-state index in [4.69, 9.17) is 18.9 Å². The van der Waals surface area contributed by atoms with Crippen LogP contribution in [-0.4, -0.2) is 39.2 Å². The zero-order valence-electron chi connectivity index (χ0n) is 15.0. The molecule has 0 aliphatic rings. The first kappa shape index (κ1) is 19.1. The zero-order valence-corrected chi connectivity index (χ0v) is 16.6. The van der Waals surface area contributed by atoms with Crippen LogP contribution >= 0.6 is 15.9 Å². The van der Waals surface area contributed by atoms with Crippen molar-refractivity contribution in [3.05, 3.63) is 39.1 Å². The number of halogens is 1. The lowest BCUT2D eigenvalue weighted by Crippen LogP contribution is -2.12. The van der Waals surface area contributed by atoms with E-state index in [-0.39, 0.29) is 5.78 Å². The molecule has 0 aliphatic carbocycles. The number of aromatic nitrogens is 1. The summed E-state index contributed by atoms with van der Waals surface area (Å²) < 4.78 is 22.1. The van der Waals surface area contributed by atoms with Crippen LogP contribution in [0.5, 0.6) is 23.0 Å². The van der Waals surface area contributed by atoms with E-state index >= 15 is 0 Å². The molecule has 1 aromatic carbocycles. The van der Waals surface area contributed by atoms with Gasteiger partial charge in [-0.25, -0.2) is 4.98 Å². The standard InChI is InChI=1S/C18H20BrNO5/c1-9-7-11(22-3)16(24-5)17(25-6)13(9)15(21)14-10(2)18(19)20-8-12(14)23-4/h7-8H,1-6H3. The summed E-state index contributed by atoms with van der Waals surface area (Å²) in [4.78, 5) is 17.5. The van der Waals surface area contributed by atoms with Crippen molar-refractivity contribution in [1.82, 2.24) is 4.98 Å². The lowest BCUT2D eigenvalue weighted by atomic mass is 9.95. The molecule has 0 fully saturated rings. The lowest BCUT2D eigenvalue weighted by Gasteiger charge is -2.19. The number of hydrogen-bond acceptors (Lipinski definition) is 6. The SMILES string of the molecule is COc1cc(C)c(C(=O)c2c(OC)cnc(Br)c2C)c(OC)c1OC. The summed E-state index contributed by atoms with van der Waals surface area (Å²) in [5, 5.41) is 0. The Morgan fingerprint density at radius 1 is 0.920 bits per heavy atom. The maximum absolute atomic E-state index is 13.4. The summed E-state index contributed by atoms with van der Waals surface area (Å²) in [6.45, 7) is 3.62. The maximum Gasteiger partial charge on any atom is 0.204 e. The summed E-state index contributed by atoms with van der Waals surface area (Å²) in [5.74, 6) is 1.32. The van der Waals surface area contributed by atoms with E-state index in [1.54, 1.807) is 13.0 Å². The van der Waals surface area contributed by atoms with Gasteiger partial charge in [0.1, 0.15) is 10.4 Å². The number of ketones is 1. The topological polar surface area (TPSA) is 66.9 Å². The van der Waals surface area contributed by atoms with E-state index in [0.717, 1.165) is 0 Å². The molecule has 7 heteroatoms. The van der Waals surface area contributed by atoms with Gasteiger partial charge >= 0.3 is 0 Å². The van der Waals surface area contributed by atoms with Gasteiger partial charge in [0.25, 0.3) is 0 Å². The van der Waals surface area contributed by atoms with Gasteiger partial charge in [-0.1, -0.05) is 0 Å². The molecule has 25 heavy (non-hydrogen) atoms. The second kappa shape index (κ2) is 7.74. The van der Waals surface area contributed by atoms with Crippen molar-refractivity contribution in [3.8, 4) is 23.0 Å². The van der Waals surface area contributed by atoms with Gasteiger partial charge in [0.2, 0.25) is 11.5 Å². The first-order valence-electron chi connectivity index (χ1n) is 7.44. The normalized spacial score (nSPS) is 10.4. The van der Waals surface area contributed by atoms with Gasteiger partial charge in [-0.05, 0) is 47.0 Å². The molecule has 0 bridgehead atoms. The molecule has 2 aromatic rings. The number of pyridine rings is 1. The van der Waals surface area contributed by atoms with Crippen molar-refractivity contribution in [2.45, 2.75) is 13.8 Å². The van der Waals surface area contributed by atoms with E-state index in [1.807, 2.05) is 6.92 Å². The fraction of sp³-hybridized carbons (Fsp3) is 0.333. The van der Waals surface area contributed by atoms with Crippen molar-refractivity contribution in [1.29, 1.82) is 0 Å². The highest BCUT2D eigenvalue weighted by molar-refractivity contribution is 9.10. The van der Waals surface area contributed by atoms with Gasteiger partial charge in [0.05, 0.1) is 45.8 Å². The highest BCUT2D eigenvalue weighted by atomic mass is 79.9. The molecule has 134 valence electrons. The molecule has 0 spiro atoms. The Morgan fingerprint density at radius 2 is 1.52 bits per heavy atom. The molecule has 2 rings (SSSR count). The predicted octanol–water partition coefficient (Wildman–Crippen LogP) is 3.73. The van der Waals surface area contributed by atoms with Crippen LogP contribution in [0.3, 0.4) is 0 Å². The molecule has 0 N–H and O–H groups in total. The van der Waals surface area contributed by atoms with E-state index in [2.05, 4.69) is 20.9 Å². The lowest BCUT2D eigenvalue weighted by molar-refractivity contribution is 0.103. The van der Waals surface area contributed by atoms with Crippen molar-refractivity contribution in [2.24, 2.45) is 0 Å². The average molecular weight is 410 g/mol. The predicted molar refractivity (Wildman–Crippen MR) is 97.5 cm³/mol. The number of benzene rings is 1. The minimum Gasteiger partial charge on any atom is -0.494 e. The number of nitrogens with zero attached hydrogens (tertiary/aromatic N) is 1. The van der Waals surface area contributed by atoms with E-state index < -0.39 is 0 Å². The van der Waals surface area contributed by atoms with Crippen molar-refractivity contribution >= 4 is 21.7 Å². The molecule has 0 saturated carbocycles. The van der Waals surface area contributed by atoms with Gasteiger partial charge in [-0.3, -0.25) is 4.79 Å². The Balaban J connectivity index is 2.79. The fourth-order valence-corrected chi connectivity index (χ4v) is 2.99. The first-order valence-corrected chi connectivity index (χ1v) is 8.23. The Labute approximate surface area is 155 Å². The van der Waals surface area contributed by atoms with Gasteiger partial charge in [-0.15, -0.1) is 0 Å². The number of carbonyl (C=O) groups is 1. The van der Waals surface area contributed by atoms with E-state index in [1.165, 1.54) is 34.6 Å². The Kier molecular flexibility index (Phi) is 5.89. The largest absolute Gasteiger partial charge is 0.494 e. The third-order valence-corrected chi connectivity index (χ3v) is 4.73. The number of ether oxygens (including phenoxy) is 4. The van der Waals surface area contributed by atoms with E-state index in [9.17, 15) is 4.79 Å². The highest BCUT2D eigenvalue weighted by Gasteiger charge is 2.28. The number of aryl methyl sites for hydroxylation is 1. The number of hydrogen-bond donors (Lipinski definition) is 0. The molecule has 0 saturated heterocycles. The number of carbonyl (C=O) groups excluding carboxylic acids is 1. The van der Waals surface area contributed by atoms with Crippen LogP contribution in [-0.2, 0) is 0 Å². The summed E-state index contributed by atoms with van der Waals surface area (Å²) in [6.07, 6.45) is 1.51. The van der Waals surface area contributed by atoms with E-state index in [0.29, 0.717) is 49.9 Å². The molecule has 6 nitrogen and oxygen atoms in total. The van der Waals surface area contributed by atoms with Crippen molar-refractivity contribution < 1.29 is 23.7 Å². The third kappa shape index (κ3) is 3.28. The molecular formula is C18H20BrNO5. The molecule has 1 heterocycles. The summed E-state index contributed by atoms with van der Waals surface area (Å²) in [5.41, 5.74) is 2.19. The summed E-state index contributed by atoms with van der Waals surface area (Å²) in [6, 6.07) is 1.74. The van der Waals surface area contributed by atoms with Gasteiger partial charge in [-0.2, -0.15) is 0 Å². The maximum atomic E-state index is 13.4. The molecule has 1 aromatic heterocycles. The zero-order chi connectivity index (χ0) is 18.7. The average Bonchev–Trinajstić information content (AvgIpc) is 2.61. The van der Waals surface area contributed by atoms with Crippen LogP contribution < -0.4 is 18.9 Å². The van der Waals surface area contributed by atoms with Crippen LogP contribution in [0, 0.1) is 13.8 Å². The van der Waals surface area contributed by atoms with Crippen LogP contribution in [0.2, 0.25) is 0 Å². The summed E-state index contributed by atoms with van der Waals surface area (Å²) >= 11 is 3.36. The van der Waals surface area contributed by atoms with Crippen LogP contribution in [0.15, 0.2) is 16.9 Å². The molecule has 0 atom stereocenters. The number of methoxy groups -OCH3 is 4. The van der Waals surface area contributed by atoms with Crippen LogP contribution in [0.25, 0.3) is 0 Å². The Bertz CT molecular complexity index is 820. The van der Waals surface area contributed by atoms with Crippen LogP contribution in [0.1, 0.15) is 27.0 Å². The molecular weight excluding hydrogens is 390 g/mol. The molecule has 0 radical (unpaired) electrons. The smallest absolute Gasteiger partial charge is 0.204 e. The Hall–Kier alpha value is -2.28. The molecule has 0 unspecified atom stereocenters. The minimum atomic E-state index is -0.243. The Morgan fingerprint density at radius 3 is 2.04 bits per heavy atom. The monoisotopic (exact) mass is 409 g/mol. The van der Waals surface area contributed by atoms with Gasteiger partial charge in [0.15, 0.2) is 11.5 Å². The second-order valence-electron chi connectivity index (χ2n) is 5.28.